The van der Waals surface area contributed by atoms with E-state index in [4.69, 9.17) is 74.8 Å². The fourth-order valence-electron chi connectivity index (χ4n) is 8.05. The summed E-state index contributed by atoms with van der Waals surface area (Å²) >= 11 is 26.8. The molecule has 2 saturated heterocycles. The zero-order chi connectivity index (χ0) is 49.6. The lowest BCUT2D eigenvalue weighted by Gasteiger charge is -2.32. The standard InChI is InChI=1S/C48H44Cl4F2N8O8/c1-5-38(63)57-29-8-11-68-21-32(29)61-48-56-20-25-13-23(15-28(54)46(25)62-48)40-42(49)36(67-4)18-37(45(40)52)70-10-6-7-39(64)58-30-9-12-69-22-33(30)60-47-55-19-24-14-26(27(53)16-31(24)59-47)41-43(50)34(65-2)17-35(66-3)44(41)51/h5-7,13-20,29-30,32-33H,1,8-12,21-22H2,2-4H3,(H,57,63)(H,58,64)(H,55,59,60)(H,56,61,62)/b7-6+/t29-,30-,32+,33+/m0/s1. The van der Waals surface area contributed by atoms with E-state index < -0.39 is 29.6 Å². The maximum Gasteiger partial charge on any atom is 0.244 e. The number of ether oxygens (including phenoxy) is 6. The maximum absolute atomic E-state index is 15.9. The van der Waals surface area contributed by atoms with Crippen molar-refractivity contribution in [1.82, 2.24) is 30.6 Å². The Kier molecular flexibility index (Phi) is 15.9. The third-order valence-corrected chi connectivity index (χ3v) is 13.1. The summed E-state index contributed by atoms with van der Waals surface area (Å²) in [5, 5.41) is 13.5. The number of hydrogen-bond donors (Lipinski definition) is 4. The Morgan fingerprint density at radius 1 is 0.700 bits per heavy atom. The summed E-state index contributed by atoms with van der Waals surface area (Å²) < 4.78 is 65.2. The SMILES string of the molecule is C=CC(=O)N[C@H]1CCOC[C@H]1Nc1ncc2cc(-c3c(Cl)c(OC)cc(OC/C=C/C(=O)N[C@H]4CCOC[C@H]4Nc4ncc5cc(-c6c(Cl)c(OC)cc(OC)c6Cl)c(F)cc5n4)c3Cl)cc(F)c2n1. The first-order chi connectivity index (χ1) is 33.8. The van der Waals surface area contributed by atoms with Crippen LogP contribution in [0.4, 0.5) is 20.7 Å². The van der Waals surface area contributed by atoms with Crippen LogP contribution in [0.5, 0.6) is 23.0 Å². The van der Waals surface area contributed by atoms with Crippen molar-refractivity contribution < 1.29 is 46.8 Å². The van der Waals surface area contributed by atoms with E-state index in [1.807, 2.05) is 0 Å². The minimum Gasteiger partial charge on any atom is -0.495 e. The highest BCUT2D eigenvalue weighted by atomic mass is 35.5. The van der Waals surface area contributed by atoms with Crippen LogP contribution < -0.4 is 40.2 Å². The van der Waals surface area contributed by atoms with Gasteiger partial charge in [-0.2, -0.15) is 0 Å². The Balaban J connectivity index is 0.923. The number of anilines is 2. The van der Waals surface area contributed by atoms with Crippen molar-refractivity contribution >= 4 is 91.9 Å². The molecule has 2 aromatic heterocycles. The quantitative estimate of drug-likeness (QED) is 0.0672. The largest absolute Gasteiger partial charge is 0.495 e. The van der Waals surface area contributed by atoms with E-state index in [0.717, 1.165) is 0 Å². The molecule has 4 N–H and O–H groups in total. The molecular weight excluding hydrogens is 996 g/mol. The molecule has 4 heterocycles. The maximum atomic E-state index is 15.9. The fraction of sp³-hybridized carbons (Fsp3) is 0.292. The summed E-state index contributed by atoms with van der Waals surface area (Å²) in [6.45, 7) is 4.76. The average Bonchev–Trinajstić information content (AvgIpc) is 3.35. The number of hydrogen-bond acceptors (Lipinski definition) is 14. The van der Waals surface area contributed by atoms with Gasteiger partial charge in [0.15, 0.2) is 0 Å². The number of fused-ring (bicyclic) bond motifs is 2. The van der Waals surface area contributed by atoms with Gasteiger partial charge in [0.05, 0.1) is 84.3 Å². The molecule has 70 heavy (non-hydrogen) atoms. The van der Waals surface area contributed by atoms with E-state index in [1.54, 1.807) is 6.07 Å². The number of amides is 2. The van der Waals surface area contributed by atoms with Gasteiger partial charge in [-0.3, -0.25) is 9.59 Å². The predicted molar refractivity (Wildman–Crippen MR) is 264 cm³/mol. The molecule has 8 rings (SSSR count). The van der Waals surface area contributed by atoms with Gasteiger partial charge in [0.2, 0.25) is 23.7 Å². The normalized spacial score (nSPS) is 18.1. The highest BCUT2D eigenvalue weighted by molar-refractivity contribution is 6.42. The third kappa shape index (κ3) is 10.9. The summed E-state index contributed by atoms with van der Waals surface area (Å²) in [6, 6.07) is 7.16. The van der Waals surface area contributed by atoms with Gasteiger partial charge in [-0.1, -0.05) is 53.0 Å². The number of halogens is 6. The number of aromatic nitrogens is 4. The molecule has 0 bridgehead atoms. The number of methoxy groups -OCH3 is 3. The lowest BCUT2D eigenvalue weighted by Crippen LogP contribution is -2.52. The first-order valence-electron chi connectivity index (χ1n) is 21.6. The van der Waals surface area contributed by atoms with Crippen LogP contribution >= 0.6 is 46.4 Å². The molecule has 4 aromatic carbocycles. The summed E-state index contributed by atoms with van der Waals surface area (Å²) in [6.07, 6.45) is 8.02. The van der Waals surface area contributed by atoms with Crippen LogP contribution in [0.15, 0.2) is 73.6 Å². The summed E-state index contributed by atoms with van der Waals surface area (Å²) in [7, 11) is 4.27. The molecule has 6 aromatic rings. The van der Waals surface area contributed by atoms with Crippen molar-refractivity contribution in [1.29, 1.82) is 0 Å². The van der Waals surface area contributed by atoms with E-state index in [1.165, 1.54) is 82.3 Å². The smallest absolute Gasteiger partial charge is 0.244 e. The van der Waals surface area contributed by atoms with E-state index in [2.05, 4.69) is 47.8 Å². The van der Waals surface area contributed by atoms with E-state index in [-0.39, 0.29) is 115 Å². The van der Waals surface area contributed by atoms with E-state index >= 15 is 8.78 Å². The molecule has 0 saturated carbocycles. The Labute approximate surface area is 420 Å². The monoisotopic (exact) mass is 1040 g/mol. The number of benzene rings is 4. The van der Waals surface area contributed by atoms with Crippen molar-refractivity contribution in [3.8, 4) is 45.3 Å². The molecule has 4 atom stereocenters. The lowest BCUT2D eigenvalue weighted by atomic mass is 10.0. The van der Waals surface area contributed by atoms with E-state index in [0.29, 0.717) is 47.9 Å². The second-order valence-electron chi connectivity index (χ2n) is 15.9. The van der Waals surface area contributed by atoms with Crippen LogP contribution in [-0.4, -0.2) is 110 Å². The molecule has 2 aliphatic rings. The highest BCUT2D eigenvalue weighted by Gasteiger charge is 2.30. The molecule has 0 aliphatic carbocycles. The molecule has 2 aliphatic heterocycles. The highest BCUT2D eigenvalue weighted by Crippen LogP contribution is 2.48. The molecule has 2 amide bonds. The van der Waals surface area contributed by atoms with Gasteiger partial charge in [0.25, 0.3) is 0 Å². The molecular formula is C48H44Cl4F2N8O8. The van der Waals surface area contributed by atoms with Gasteiger partial charge in [0.1, 0.15) is 46.8 Å². The van der Waals surface area contributed by atoms with Gasteiger partial charge in [0, 0.05) is 77.3 Å². The zero-order valence-corrected chi connectivity index (χ0v) is 40.7. The van der Waals surface area contributed by atoms with Gasteiger partial charge in [-0.15, -0.1) is 0 Å². The van der Waals surface area contributed by atoms with Crippen LogP contribution in [-0.2, 0) is 19.1 Å². The number of nitrogens with one attached hydrogen (secondary N) is 4. The van der Waals surface area contributed by atoms with Gasteiger partial charge in [-0.25, -0.2) is 28.7 Å². The van der Waals surface area contributed by atoms with Gasteiger partial charge >= 0.3 is 0 Å². The van der Waals surface area contributed by atoms with Crippen molar-refractivity contribution in [3.63, 3.8) is 0 Å². The van der Waals surface area contributed by atoms with Crippen molar-refractivity contribution in [3.05, 3.63) is 105 Å². The number of rotatable bonds is 16. The molecule has 22 heteroatoms. The predicted octanol–water partition coefficient (Wildman–Crippen LogP) is 9.02. The second kappa shape index (κ2) is 22.2. The Hall–Kier alpha value is -6.28. The van der Waals surface area contributed by atoms with Gasteiger partial charge < -0.3 is 49.7 Å². The molecule has 0 unspecified atom stereocenters. The Morgan fingerprint density at radius 2 is 1.26 bits per heavy atom. The van der Waals surface area contributed by atoms with E-state index in [9.17, 15) is 9.59 Å². The minimum atomic E-state index is -0.679. The number of nitrogens with zero attached hydrogens (tertiary/aromatic N) is 4. The topological polar surface area (TPSA) is 189 Å². The first kappa shape index (κ1) is 50.1. The van der Waals surface area contributed by atoms with Crippen LogP contribution in [0.25, 0.3) is 44.1 Å². The molecule has 0 spiro atoms. The first-order valence-corrected chi connectivity index (χ1v) is 23.1. The van der Waals surface area contributed by atoms with Crippen LogP contribution in [0.2, 0.25) is 20.1 Å². The third-order valence-electron chi connectivity index (χ3n) is 11.6. The summed E-state index contributed by atoms with van der Waals surface area (Å²) in [4.78, 5) is 43.0. The molecule has 16 nitrogen and oxygen atoms in total. The molecule has 0 radical (unpaired) electrons. The van der Waals surface area contributed by atoms with Crippen molar-refractivity contribution in [2.75, 3.05) is 65.0 Å². The van der Waals surface area contributed by atoms with Crippen LogP contribution in [0.3, 0.4) is 0 Å². The van der Waals surface area contributed by atoms with Crippen LogP contribution in [0.1, 0.15) is 12.8 Å². The minimum absolute atomic E-state index is 0.0289. The fourth-order valence-corrected chi connectivity index (χ4v) is 9.45. The number of carbonyl (C=O) groups excluding carboxylic acids is 2. The number of carbonyl (C=O) groups is 2. The Bertz CT molecular complexity index is 3000. The molecule has 2 fully saturated rings. The van der Waals surface area contributed by atoms with Crippen molar-refractivity contribution in [2.24, 2.45) is 0 Å². The summed E-state index contributed by atoms with van der Waals surface area (Å²) in [5.74, 6) is -0.866. The summed E-state index contributed by atoms with van der Waals surface area (Å²) in [5.41, 5.74) is 1.15. The zero-order valence-electron chi connectivity index (χ0n) is 37.6. The second-order valence-corrected chi connectivity index (χ2v) is 17.4. The average molecular weight is 1040 g/mol. The Morgan fingerprint density at radius 3 is 1.87 bits per heavy atom. The molecule has 366 valence electrons. The van der Waals surface area contributed by atoms with Crippen LogP contribution in [0, 0.1) is 11.6 Å². The van der Waals surface area contributed by atoms with Crippen molar-refractivity contribution in [2.45, 2.75) is 37.0 Å². The van der Waals surface area contributed by atoms with Gasteiger partial charge in [-0.05, 0) is 48.8 Å². The lowest BCUT2D eigenvalue weighted by molar-refractivity contribution is -0.118.